The molecule has 6 rings (SSSR count). The Kier molecular flexibility index (Phi) is 6.74. The average Bonchev–Trinajstić information content (AvgIpc) is 3.51. The first-order valence-corrected chi connectivity index (χ1v) is 14.4. The number of rotatable bonds is 4. The van der Waals surface area contributed by atoms with Gasteiger partial charge in [-0.15, -0.1) is 0 Å². The summed E-state index contributed by atoms with van der Waals surface area (Å²) < 4.78 is 13.7. The number of nitrogens with zero attached hydrogens (tertiary/aromatic N) is 5. The maximum absolute atomic E-state index is 12.6. The van der Waals surface area contributed by atoms with Crippen LogP contribution >= 0.6 is 11.8 Å². The number of nitrogens with two attached hydrogens (primary N) is 1. The number of anilines is 2. The molecule has 210 valence electrons. The number of benzene rings is 1. The number of ether oxygens (including phenoxy) is 2. The van der Waals surface area contributed by atoms with Gasteiger partial charge in [0, 0.05) is 53.6 Å². The van der Waals surface area contributed by atoms with Crippen molar-refractivity contribution in [2.75, 3.05) is 30.3 Å². The van der Waals surface area contributed by atoms with Crippen LogP contribution in [0.5, 0.6) is 0 Å². The molecule has 5 heterocycles. The molecule has 1 aromatic carbocycles. The molecule has 10 nitrogen and oxygen atoms in total. The minimum absolute atomic E-state index is 0.0755. The first-order chi connectivity index (χ1) is 19.1. The Bertz CT molecular complexity index is 1560. The highest BCUT2D eigenvalue weighted by molar-refractivity contribution is 7.99. The third-order valence-electron chi connectivity index (χ3n) is 7.83. The summed E-state index contributed by atoms with van der Waals surface area (Å²) in [7, 11) is 0. The predicted molar refractivity (Wildman–Crippen MR) is 156 cm³/mol. The van der Waals surface area contributed by atoms with Gasteiger partial charge in [-0.1, -0.05) is 23.9 Å². The molecule has 1 spiro atoms. The van der Waals surface area contributed by atoms with E-state index in [0.717, 1.165) is 58.2 Å². The van der Waals surface area contributed by atoms with E-state index < -0.39 is 11.7 Å². The molecule has 0 unspecified atom stereocenters. The van der Waals surface area contributed by atoms with Crippen LogP contribution in [0.1, 0.15) is 40.5 Å². The molecular formula is C29H35N7O3S. The fourth-order valence-corrected chi connectivity index (χ4v) is 6.85. The summed E-state index contributed by atoms with van der Waals surface area (Å²) in [5.41, 5.74) is 7.78. The molecule has 2 fully saturated rings. The largest absolute Gasteiger partial charge is 0.444 e. The van der Waals surface area contributed by atoms with Gasteiger partial charge in [0.2, 0.25) is 5.95 Å². The summed E-state index contributed by atoms with van der Waals surface area (Å²) in [6.07, 6.45) is 8.73. The molecular weight excluding hydrogens is 526 g/mol. The lowest BCUT2D eigenvalue weighted by molar-refractivity contribution is 0.0434. The maximum atomic E-state index is 12.6. The van der Waals surface area contributed by atoms with E-state index in [2.05, 4.69) is 24.6 Å². The van der Waals surface area contributed by atoms with Crippen molar-refractivity contribution in [3.8, 4) is 0 Å². The highest BCUT2D eigenvalue weighted by Gasteiger charge is 2.50. The zero-order chi connectivity index (χ0) is 28.1. The Morgan fingerprint density at radius 1 is 1.15 bits per heavy atom. The average molecular weight is 562 g/mol. The summed E-state index contributed by atoms with van der Waals surface area (Å²) >= 11 is 1.61. The van der Waals surface area contributed by atoms with Gasteiger partial charge in [-0.3, -0.25) is 9.38 Å². The second kappa shape index (κ2) is 10.1. The van der Waals surface area contributed by atoms with E-state index in [1.54, 1.807) is 18.0 Å². The molecule has 0 radical (unpaired) electrons. The lowest BCUT2D eigenvalue weighted by Crippen LogP contribution is -2.55. The number of hydrogen-bond acceptors (Lipinski definition) is 9. The molecule has 11 heteroatoms. The molecule has 0 bridgehead atoms. The van der Waals surface area contributed by atoms with Crippen LogP contribution in [0.2, 0.25) is 0 Å². The van der Waals surface area contributed by atoms with Gasteiger partial charge in [0.25, 0.3) is 0 Å². The number of pyridine rings is 1. The third-order valence-corrected chi connectivity index (χ3v) is 8.92. The maximum Gasteiger partial charge on any atom is 0.407 e. The summed E-state index contributed by atoms with van der Waals surface area (Å²) in [4.78, 5) is 31.0. The number of imidazole rings is 1. The van der Waals surface area contributed by atoms with Gasteiger partial charge in [0.15, 0.2) is 5.65 Å². The Hall–Kier alpha value is -3.57. The molecule has 2 aliphatic rings. The van der Waals surface area contributed by atoms with E-state index in [1.807, 2.05) is 70.6 Å². The highest BCUT2D eigenvalue weighted by atomic mass is 32.2. The van der Waals surface area contributed by atoms with Crippen molar-refractivity contribution in [3.05, 3.63) is 49.1 Å². The molecule has 3 aromatic heterocycles. The fourth-order valence-electron chi connectivity index (χ4n) is 5.86. The molecule has 2 atom stereocenters. The molecule has 40 heavy (non-hydrogen) atoms. The van der Waals surface area contributed by atoms with Gasteiger partial charge >= 0.3 is 6.09 Å². The molecule has 1 amide bonds. The normalized spacial score (nSPS) is 20.9. The van der Waals surface area contributed by atoms with Crippen LogP contribution in [-0.2, 0) is 9.47 Å². The van der Waals surface area contributed by atoms with Crippen LogP contribution in [-0.4, -0.2) is 62.9 Å². The number of amides is 1. The molecule has 2 aliphatic heterocycles. The first kappa shape index (κ1) is 26.6. The van der Waals surface area contributed by atoms with Crippen molar-refractivity contribution in [3.63, 3.8) is 0 Å². The Morgan fingerprint density at radius 2 is 1.95 bits per heavy atom. The van der Waals surface area contributed by atoms with Gasteiger partial charge in [-0.25, -0.2) is 14.8 Å². The summed E-state index contributed by atoms with van der Waals surface area (Å²) in [6, 6.07) is 7.74. The Balaban J connectivity index is 1.21. The van der Waals surface area contributed by atoms with E-state index in [0.29, 0.717) is 12.3 Å². The zero-order valence-corrected chi connectivity index (χ0v) is 24.1. The third kappa shape index (κ3) is 4.92. The van der Waals surface area contributed by atoms with Crippen LogP contribution in [0.3, 0.4) is 0 Å². The molecule has 2 saturated heterocycles. The SMILES string of the molecule is C[C@@H]1OCC2(CCN(c3ncc(Sc4ccnc5c(N)cccc45)c4nccn34)CC2)[C@@H]1NC(=O)OC(C)(C)C. The van der Waals surface area contributed by atoms with Crippen LogP contribution in [0.4, 0.5) is 16.4 Å². The van der Waals surface area contributed by atoms with Gasteiger partial charge < -0.3 is 25.4 Å². The topological polar surface area (TPSA) is 120 Å². The number of hydrogen-bond donors (Lipinski definition) is 2. The van der Waals surface area contributed by atoms with Crippen molar-refractivity contribution < 1.29 is 14.3 Å². The lowest BCUT2D eigenvalue weighted by atomic mass is 9.73. The van der Waals surface area contributed by atoms with Crippen molar-refractivity contribution in [2.24, 2.45) is 5.41 Å². The number of carbonyl (C=O) groups is 1. The van der Waals surface area contributed by atoms with Crippen molar-refractivity contribution in [2.45, 2.75) is 68.1 Å². The highest BCUT2D eigenvalue weighted by Crippen LogP contribution is 2.43. The molecule has 4 aromatic rings. The van der Waals surface area contributed by atoms with Crippen molar-refractivity contribution in [1.29, 1.82) is 0 Å². The summed E-state index contributed by atoms with van der Waals surface area (Å²) in [5, 5.41) is 4.13. The Labute approximate surface area is 237 Å². The van der Waals surface area contributed by atoms with Gasteiger partial charge in [-0.05, 0) is 52.7 Å². The van der Waals surface area contributed by atoms with E-state index in [4.69, 9.17) is 20.2 Å². The number of para-hydroxylation sites is 1. The quantitative estimate of drug-likeness (QED) is 0.335. The van der Waals surface area contributed by atoms with Crippen LogP contribution < -0.4 is 16.0 Å². The minimum atomic E-state index is -0.548. The number of alkyl carbamates (subject to hydrolysis) is 1. The number of nitrogens with one attached hydrogen (secondary N) is 1. The number of aromatic nitrogens is 4. The number of carbonyl (C=O) groups excluding carboxylic acids is 1. The van der Waals surface area contributed by atoms with E-state index >= 15 is 0 Å². The second-order valence-corrected chi connectivity index (χ2v) is 12.8. The second-order valence-electron chi connectivity index (χ2n) is 11.7. The molecule has 0 saturated carbocycles. The first-order valence-electron chi connectivity index (χ1n) is 13.6. The van der Waals surface area contributed by atoms with Gasteiger partial charge in [-0.2, -0.15) is 0 Å². The van der Waals surface area contributed by atoms with Crippen molar-refractivity contribution in [1.82, 2.24) is 24.7 Å². The van der Waals surface area contributed by atoms with E-state index in [-0.39, 0.29) is 17.6 Å². The fraction of sp³-hybridized carbons (Fsp3) is 0.448. The number of piperidine rings is 1. The standard InChI is InChI=1S/C29H35N7O3S/c1-18-24(34-27(37)39-28(2,3)4)29(17-38-18)9-13-35(14-10-29)26-33-16-22(25-32-12-15-36(25)26)40-21-8-11-31-23-19(21)6-5-7-20(23)30/h5-8,11-12,15-16,18,24H,9-10,13-14,17,30H2,1-4H3,(H,34,37)/t18-,24+/m0/s1. The smallest absolute Gasteiger partial charge is 0.407 e. The minimum Gasteiger partial charge on any atom is -0.444 e. The number of fused-ring (bicyclic) bond motifs is 2. The summed E-state index contributed by atoms with van der Waals surface area (Å²) in [6.45, 7) is 9.86. The van der Waals surface area contributed by atoms with E-state index in [1.165, 1.54) is 0 Å². The van der Waals surface area contributed by atoms with Gasteiger partial charge in [0.05, 0.1) is 34.9 Å². The predicted octanol–water partition coefficient (Wildman–Crippen LogP) is 4.91. The van der Waals surface area contributed by atoms with Crippen LogP contribution in [0.15, 0.2) is 58.8 Å². The van der Waals surface area contributed by atoms with E-state index in [9.17, 15) is 4.79 Å². The monoisotopic (exact) mass is 561 g/mol. The van der Waals surface area contributed by atoms with Gasteiger partial charge in [0.1, 0.15) is 5.60 Å². The number of nitrogen functional groups attached to an aromatic ring is 1. The molecule has 3 N–H and O–H groups in total. The van der Waals surface area contributed by atoms with Crippen LogP contribution in [0.25, 0.3) is 16.6 Å². The Morgan fingerprint density at radius 3 is 2.73 bits per heavy atom. The van der Waals surface area contributed by atoms with Crippen molar-refractivity contribution >= 4 is 46.0 Å². The zero-order valence-electron chi connectivity index (χ0n) is 23.3. The lowest BCUT2D eigenvalue weighted by Gasteiger charge is -2.43. The van der Waals surface area contributed by atoms with Crippen LogP contribution in [0, 0.1) is 5.41 Å². The molecule has 0 aliphatic carbocycles. The summed E-state index contributed by atoms with van der Waals surface area (Å²) in [5.74, 6) is 0.860.